The topological polar surface area (TPSA) is 69.6 Å². The van der Waals surface area contributed by atoms with Crippen LogP contribution in [0.2, 0.25) is 0 Å². The van der Waals surface area contributed by atoms with E-state index in [1.165, 1.54) is 0 Å². The summed E-state index contributed by atoms with van der Waals surface area (Å²) >= 11 is 0. The standard InChI is InChI=1S/C13H27NO3/c1-4-7-8-11(12(16)17)14-9-13(5-2,6-3)10-15/h11,14-15H,4-10H2,1-3H3,(H,16,17). The molecular weight excluding hydrogens is 218 g/mol. The van der Waals surface area contributed by atoms with Crippen LogP contribution in [0.15, 0.2) is 0 Å². The Balaban J connectivity index is 4.31. The normalized spacial score (nSPS) is 13.6. The van der Waals surface area contributed by atoms with E-state index in [0.717, 1.165) is 25.7 Å². The summed E-state index contributed by atoms with van der Waals surface area (Å²) in [5.74, 6) is -0.794. The molecule has 0 rings (SSSR count). The summed E-state index contributed by atoms with van der Waals surface area (Å²) in [6, 6.07) is -0.487. The zero-order valence-corrected chi connectivity index (χ0v) is 11.3. The van der Waals surface area contributed by atoms with Gasteiger partial charge in [0.05, 0.1) is 0 Å². The van der Waals surface area contributed by atoms with Crippen LogP contribution in [0.25, 0.3) is 0 Å². The van der Waals surface area contributed by atoms with Gasteiger partial charge in [0.1, 0.15) is 6.04 Å². The fourth-order valence-corrected chi connectivity index (χ4v) is 1.84. The Morgan fingerprint density at radius 1 is 1.29 bits per heavy atom. The highest BCUT2D eigenvalue weighted by Crippen LogP contribution is 2.24. The summed E-state index contributed by atoms with van der Waals surface area (Å²) in [7, 11) is 0. The van der Waals surface area contributed by atoms with Gasteiger partial charge < -0.3 is 15.5 Å². The first kappa shape index (κ1) is 16.4. The van der Waals surface area contributed by atoms with Crippen molar-refractivity contribution in [2.24, 2.45) is 5.41 Å². The van der Waals surface area contributed by atoms with E-state index < -0.39 is 12.0 Å². The molecule has 0 amide bonds. The first-order valence-electron chi connectivity index (χ1n) is 6.62. The Hall–Kier alpha value is -0.610. The Morgan fingerprint density at radius 2 is 1.88 bits per heavy atom. The highest BCUT2D eigenvalue weighted by atomic mass is 16.4. The molecule has 0 fully saturated rings. The molecule has 0 bridgehead atoms. The minimum atomic E-state index is -0.794. The van der Waals surface area contributed by atoms with E-state index in [1.54, 1.807) is 0 Å². The van der Waals surface area contributed by atoms with Crippen molar-refractivity contribution in [3.63, 3.8) is 0 Å². The van der Waals surface area contributed by atoms with E-state index in [4.69, 9.17) is 5.11 Å². The number of rotatable bonds is 10. The van der Waals surface area contributed by atoms with Gasteiger partial charge >= 0.3 is 5.97 Å². The molecule has 3 N–H and O–H groups in total. The molecule has 1 unspecified atom stereocenters. The fraction of sp³-hybridized carbons (Fsp3) is 0.923. The van der Waals surface area contributed by atoms with Crippen molar-refractivity contribution < 1.29 is 15.0 Å². The molecule has 0 aliphatic heterocycles. The molecule has 0 aromatic heterocycles. The second-order valence-corrected chi connectivity index (χ2v) is 4.78. The van der Waals surface area contributed by atoms with Crippen LogP contribution in [0.4, 0.5) is 0 Å². The molecule has 0 heterocycles. The van der Waals surface area contributed by atoms with Crippen molar-refractivity contribution in [1.29, 1.82) is 0 Å². The molecular formula is C13H27NO3. The lowest BCUT2D eigenvalue weighted by Gasteiger charge is -2.31. The maximum atomic E-state index is 11.1. The van der Waals surface area contributed by atoms with Crippen molar-refractivity contribution in [1.82, 2.24) is 5.32 Å². The van der Waals surface area contributed by atoms with Crippen LogP contribution in [0.1, 0.15) is 52.9 Å². The lowest BCUT2D eigenvalue weighted by Crippen LogP contribution is -2.44. The van der Waals surface area contributed by atoms with Gasteiger partial charge in [0.25, 0.3) is 0 Å². The van der Waals surface area contributed by atoms with E-state index in [2.05, 4.69) is 12.2 Å². The van der Waals surface area contributed by atoms with Crippen LogP contribution >= 0.6 is 0 Å². The minimum absolute atomic E-state index is 0.104. The molecule has 0 aromatic carbocycles. The highest BCUT2D eigenvalue weighted by Gasteiger charge is 2.27. The number of carbonyl (C=O) groups is 1. The molecule has 0 radical (unpaired) electrons. The maximum Gasteiger partial charge on any atom is 0.320 e. The number of nitrogens with one attached hydrogen (secondary N) is 1. The van der Waals surface area contributed by atoms with Crippen molar-refractivity contribution in [3.8, 4) is 0 Å². The average Bonchev–Trinajstić information content (AvgIpc) is 2.34. The van der Waals surface area contributed by atoms with Crippen molar-refractivity contribution in [2.45, 2.75) is 58.9 Å². The lowest BCUT2D eigenvalue weighted by atomic mass is 9.83. The molecule has 4 nitrogen and oxygen atoms in total. The molecule has 102 valence electrons. The number of carboxylic acid groups (broad SMARTS) is 1. The van der Waals surface area contributed by atoms with E-state index in [1.807, 2.05) is 13.8 Å². The Kier molecular flexibility index (Phi) is 8.17. The second-order valence-electron chi connectivity index (χ2n) is 4.78. The molecule has 0 spiro atoms. The maximum absolute atomic E-state index is 11.1. The molecule has 0 saturated heterocycles. The summed E-state index contributed by atoms with van der Waals surface area (Å²) < 4.78 is 0. The average molecular weight is 245 g/mol. The third-order valence-electron chi connectivity index (χ3n) is 3.70. The number of aliphatic carboxylic acids is 1. The van der Waals surface area contributed by atoms with Gasteiger partial charge in [-0.3, -0.25) is 4.79 Å². The van der Waals surface area contributed by atoms with Crippen LogP contribution < -0.4 is 5.32 Å². The van der Waals surface area contributed by atoms with Gasteiger partial charge in [0.15, 0.2) is 0 Å². The van der Waals surface area contributed by atoms with Gasteiger partial charge in [-0.2, -0.15) is 0 Å². The van der Waals surface area contributed by atoms with Crippen molar-refractivity contribution in [3.05, 3.63) is 0 Å². The summed E-state index contributed by atoms with van der Waals surface area (Å²) in [6.45, 7) is 6.78. The van der Waals surface area contributed by atoms with Crippen molar-refractivity contribution >= 4 is 5.97 Å². The SMILES string of the molecule is CCCCC(NCC(CC)(CC)CO)C(=O)O. The summed E-state index contributed by atoms with van der Waals surface area (Å²) in [4.78, 5) is 11.1. The zero-order chi connectivity index (χ0) is 13.3. The number of carboxylic acids is 1. The third-order valence-corrected chi connectivity index (χ3v) is 3.70. The van der Waals surface area contributed by atoms with E-state index in [-0.39, 0.29) is 12.0 Å². The number of unbranched alkanes of at least 4 members (excludes halogenated alkanes) is 1. The van der Waals surface area contributed by atoms with Gasteiger partial charge in [-0.05, 0) is 19.3 Å². The third kappa shape index (κ3) is 5.50. The number of hydrogen-bond donors (Lipinski definition) is 3. The van der Waals surface area contributed by atoms with Gasteiger partial charge in [-0.15, -0.1) is 0 Å². The van der Waals surface area contributed by atoms with Gasteiger partial charge in [-0.1, -0.05) is 33.6 Å². The number of aliphatic hydroxyl groups excluding tert-OH is 1. The summed E-state index contributed by atoms with van der Waals surface area (Å²) in [6.07, 6.45) is 4.27. The molecule has 0 saturated carbocycles. The van der Waals surface area contributed by atoms with Crippen molar-refractivity contribution in [2.75, 3.05) is 13.2 Å². The quantitative estimate of drug-likeness (QED) is 0.551. The molecule has 0 aliphatic carbocycles. The molecule has 1 atom stereocenters. The first-order valence-corrected chi connectivity index (χ1v) is 6.62. The van der Waals surface area contributed by atoms with Crippen LogP contribution in [-0.2, 0) is 4.79 Å². The summed E-state index contributed by atoms with van der Waals surface area (Å²) in [5, 5.41) is 21.6. The van der Waals surface area contributed by atoms with Crippen LogP contribution in [0, 0.1) is 5.41 Å². The first-order chi connectivity index (χ1) is 8.05. The molecule has 17 heavy (non-hydrogen) atoms. The minimum Gasteiger partial charge on any atom is -0.480 e. The predicted molar refractivity (Wildman–Crippen MR) is 69.1 cm³/mol. The lowest BCUT2D eigenvalue weighted by molar-refractivity contribution is -0.139. The molecule has 0 aliphatic rings. The number of hydrogen-bond acceptors (Lipinski definition) is 3. The highest BCUT2D eigenvalue weighted by molar-refractivity contribution is 5.73. The number of aliphatic hydroxyl groups is 1. The Morgan fingerprint density at radius 3 is 2.24 bits per heavy atom. The molecule has 4 heteroatoms. The predicted octanol–water partition coefficient (Wildman–Crippen LogP) is 2.02. The fourth-order valence-electron chi connectivity index (χ4n) is 1.84. The van der Waals surface area contributed by atoms with E-state index in [9.17, 15) is 9.90 Å². The monoisotopic (exact) mass is 245 g/mol. The smallest absolute Gasteiger partial charge is 0.320 e. The zero-order valence-electron chi connectivity index (χ0n) is 11.3. The Labute approximate surface area is 104 Å². The van der Waals surface area contributed by atoms with Gasteiger partial charge in [0.2, 0.25) is 0 Å². The largest absolute Gasteiger partial charge is 0.480 e. The van der Waals surface area contributed by atoms with E-state index >= 15 is 0 Å². The molecule has 0 aromatic rings. The van der Waals surface area contributed by atoms with Crippen LogP contribution in [0.5, 0.6) is 0 Å². The Bertz CT molecular complexity index is 206. The second kappa shape index (κ2) is 8.48. The van der Waals surface area contributed by atoms with Crippen LogP contribution in [0.3, 0.4) is 0 Å². The van der Waals surface area contributed by atoms with Crippen LogP contribution in [-0.4, -0.2) is 35.4 Å². The van der Waals surface area contributed by atoms with E-state index in [0.29, 0.717) is 13.0 Å². The van der Waals surface area contributed by atoms with Gasteiger partial charge in [-0.25, -0.2) is 0 Å². The van der Waals surface area contributed by atoms with Gasteiger partial charge in [0, 0.05) is 18.6 Å². The summed E-state index contributed by atoms with van der Waals surface area (Å²) in [5.41, 5.74) is -0.181.